The van der Waals surface area contributed by atoms with Gasteiger partial charge in [0, 0.05) is 56.2 Å². The molecule has 16 heteroatoms. The van der Waals surface area contributed by atoms with E-state index in [1.807, 2.05) is 58.2 Å². The molecule has 2 aliphatic rings. The molecule has 0 bridgehead atoms. The summed E-state index contributed by atoms with van der Waals surface area (Å²) in [6, 6.07) is 15.6. The third kappa shape index (κ3) is 11.4. The number of hydrogen-bond acceptors (Lipinski definition) is 9. The summed E-state index contributed by atoms with van der Waals surface area (Å²) >= 11 is 0. The minimum atomic E-state index is -4.12. The highest BCUT2D eigenvalue weighted by atomic mass is 32.2. The van der Waals surface area contributed by atoms with Gasteiger partial charge in [-0.1, -0.05) is 54.6 Å². The molecule has 0 unspecified atom stereocenters. The number of ether oxygens (including phenoxy) is 1. The Morgan fingerprint density at radius 1 is 0.897 bits per heavy atom. The Hall–Kier alpha value is -4.93. The number of amides is 3. The number of aryl methyl sites for hydroxylation is 1. The van der Waals surface area contributed by atoms with Crippen molar-refractivity contribution in [2.24, 2.45) is 10.7 Å². The molecule has 2 heterocycles. The molecule has 58 heavy (non-hydrogen) atoms. The van der Waals surface area contributed by atoms with Gasteiger partial charge in [-0.05, 0) is 102 Å². The first-order valence-corrected chi connectivity index (χ1v) is 22.6. The summed E-state index contributed by atoms with van der Waals surface area (Å²) in [6.07, 6.45) is 3.39. The van der Waals surface area contributed by atoms with Gasteiger partial charge in [-0.2, -0.15) is 0 Å². The zero-order valence-electron chi connectivity index (χ0n) is 34.2. The van der Waals surface area contributed by atoms with Gasteiger partial charge in [-0.3, -0.25) is 9.79 Å². The number of fused-ring (bicyclic) bond motifs is 1. The van der Waals surface area contributed by atoms with Crippen molar-refractivity contribution in [3.63, 3.8) is 0 Å². The first-order valence-electron chi connectivity index (χ1n) is 19.6. The number of hydrogen-bond donors (Lipinski definition) is 4. The van der Waals surface area contributed by atoms with Gasteiger partial charge in [0.2, 0.25) is 11.9 Å². The molecule has 3 amide bonds. The summed E-state index contributed by atoms with van der Waals surface area (Å²) in [5.74, 6) is -0.0820. The summed E-state index contributed by atoms with van der Waals surface area (Å²) in [5, 5.41) is 6.96. The largest absolute Gasteiger partial charge is 0.487 e. The van der Waals surface area contributed by atoms with E-state index in [0.717, 1.165) is 27.8 Å². The van der Waals surface area contributed by atoms with Gasteiger partial charge < -0.3 is 30.9 Å². The molecule has 0 aliphatic carbocycles. The fourth-order valence-electron chi connectivity index (χ4n) is 7.24. The fourth-order valence-corrected chi connectivity index (χ4v) is 9.85. The van der Waals surface area contributed by atoms with Crippen molar-refractivity contribution in [2.45, 2.75) is 94.2 Å². The Morgan fingerprint density at radius 2 is 1.53 bits per heavy atom. The topological polar surface area (TPSA) is 193 Å². The molecule has 0 aromatic heterocycles. The average molecular weight is 836 g/mol. The van der Waals surface area contributed by atoms with Gasteiger partial charge in [0.15, 0.2) is 9.84 Å². The van der Waals surface area contributed by atoms with Crippen LogP contribution in [0.5, 0.6) is 5.75 Å². The molecule has 3 aromatic rings. The Bertz CT molecular complexity index is 2220. The van der Waals surface area contributed by atoms with Crippen LogP contribution in [0.3, 0.4) is 0 Å². The SMILES string of the molecule is Cc1c(C)c(S(=O)(=O)NC(N)=NCCC[C@H](NC(=O)N2CCN(C)CC2)C(=O)N[C@H](/C=C/S(=O)(=O)c2ccccc2)CCc2ccccc2)c(C)c2c1OC(C)(C)C2. The number of carbonyl (C=O) groups excluding carboxylic acids is 2. The minimum Gasteiger partial charge on any atom is -0.487 e. The predicted octanol–water partition coefficient (Wildman–Crippen LogP) is 4.13. The van der Waals surface area contributed by atoms with Crippen LogP contribution in [0.15, 0.2) is 86.9 Å². The smallest absolute Gasteiger partial charge is 0.318 e. The molecular formula is C42H57N7O7S2. The maximum absolute atomic E-state index is 14.0. The maximum Gasteiger partial charge on any atom is 0.318 e. The summed E-state index contributed by atoms with van der Waals surface area (Å²) in [5.41, 5.74) is 9.46. The van der Waals surface area contributed by atoms with Gasteiger partial charge in [0.05, 0.1) is 9.79 Å². The highest BCUT2D eigenvalue weighted by Crippen LogP contribution is 2.43. The summed E-state index contributed by atoms with van der Waals surface area (Å²) in [7, 11) is -5.94. The second-order valence-electron chi connectivity index (χ2n) is 15.7. The molecule has 2 atom stereocenters. The highest BCUT2D eigenvalue weighted by molar-refractivity contribution is 7.94. The number of carbonyl (C=O) groups is 2. The average Bonchev–Trinajstić information content (AvgIpc) is 3.52. The number of rotatable bonds is 15. The molecule has 3 aromatic carbocycles. The Labute approximate surface area is 343 Å². The Morgan fingerprint density at radius 3 is 2.19 bits per heavy atom. The second-order valence-corrected chi connectivity index (χ2v) is 19.1. The van der Waals surface area contributed by atoms with Crippen LogP contribution in [0.25, 0.3) is 0 Å². The molecule has 0 saturated carbocycles. The molecule has 1 saturated heterocycles. The van der Waals surface area contributed by atoms with Crippen LogP contribution in [0.4, 0.5) is 4.79 Å². The number of sulfone groups is 1. The van der Waals surface area contributed by atoms with Crippen LogP contribution in [-0.4, -0.2) is 102 Å². The van der Waals surface area contributed by atoms with Crippen molar-refractivity contribution in [2.75, 3.05) is 39.8 Å². The molecule has 5 rings (SSSR count). The number of nitrogens with zero attached hydrogens (tertiary/aromatic N) is 3. The number of benzene rings is 3. The third-order valence-electron chi connectivity index (χ3n) is 10.6. The quantitative estimate of drug-likeness (QED) is 0.0991. The number of piperazine rings is 1. The number of urea groups is 1. The summed E-state index contributed by atoms with van der Waals surface area (Å²) in [4.78, 5) is 35.8. The highest BCUT2D eigenvalue weighted by Gasteiger charge is 2.37. The van der Waals surface area contributed by atoms with Crippen molar-refractivity contribution in [3.05, 3.63) is 100.0 Å². The fraction of sp³-hybridized carbons (Fsp3) is 0.452. The number of likely N-dealkylation sites (N-methyl/N-ethyl adjacent to an activating group) is 1. The van der Waals surface area contributed by atoms with Crippen LogP contribution in [0, 0.1) is 20.8 Å². The standard InChI is InChI=1S/C42H57N7O7S2/c1-29-30(2)38(31(3)35-28-42(4,5)56-37(29)35)58(54,55)47-40(43)44-22-13-18-36(46-41(51)49-25-23-48(6)24-26-49)39(50)45-33(20-19-32-14-9-7-10-15-32)21-27-57(52,53)34-16-11-8-12-17-34/h7-12,14-17,21,27,33,36H,13,18-20,22-26,28H2,1-6H3,(H,45,50)(H,46,51)(H3,43,44,47)/b27-21+/t33-,36-/m0/s1. The molecule has 0 radical (unpaired) electrons. The van der Waals surface area contributed by atoms with Gasteiger partial charge in [0.25, 0.3) is 10.0 Å². The first-order chi connectivity index (χ1) is 27.4. The molecule has 5 N–H and O–H groups in total. The van der Waals surface area contributed by atoms with Crippen LogP contribution in [0.2, 0.25) is 0 Å². The molecule has 2 aliphatic heterocycles. The van der Waals surface area contributed by atoms with Crippen molar-refractivity contribution in [1.82, 2.24) is 25.2 Å². The molecule has 0 spiro atoms. The molecule has 14 nitrogen and oxygen atoms in total. The van der Waals surface area contributed by atoms with E-state index < -0.39 is 49.5 Å². The Kier molecular flexibility index (Phi) is 14.3. The minimum absolute atomic E-state index is 0.0539. The van der Waals surface area contributed by atoms with Gasteiger partial charge in [-0.25, -0.2) is 26.4 Å². The van der Waals surface area contributed by atoms with E-state index in [0.29, 0.717) is 56.6 Å². The molecule has 1 fully saturated rings. The van der Waals surface area contributed by atoms with Crippen molar-refractivity contribution >= 4 is 37.8 Å². The normalized spacial score (nSPS) is 17.0. The van der Waals surface area contributed by atoms with Crippen LogP contribution < -0.4 is 25.8 Å². The van der Waals surface area contributed by atoms with E-state index in [2.05, 4.69) is 25.2 Å². The Balaban J connectivity index is 1.30. The number of guanidine groups is 1. The zero-order chi connectivity index (χ0) is 42.3. The number of nitrogens with two attached hydrogens (primary N) is 1. The van der Waals surface area contributed by atoms with Crippen molar-refractivity contribution in [1.29, 1.82) is 0 Å². The maximum atomic E-state index is 14.0. The van der Waals surface area contributed by atoms with Crippen LogP contribution >= 0.6 is 0 Å². The molecular weight excluding hydrogens is 779 g/mol. The zero-order valence-corrected chi connectivity index (χ0v) is 35.9. The lowest BCUT2D eigenvalue weighted by atomic mass is 9.94. The first kappa shape index (κ1) is 44.2. The van der Waals surface area contributed by atoms with E-state index >= 15 is 0 Å². The van der Waals surface area contributed by atoms with E-state index in [1.54, 1.807) is 36.9 Å². The van der Waals surface area contributed by atoms with E-state index in [9.17, 15) is 26.4 Å². The van der Waals surface area contributed by atoms with Gasteiger partial charge in [0.1, 0.15) is 17.4 Å². The van der Waals surface area contributed by atoms with Crippen molar-refractivity contribution in [3.8, 4) is 5.75 Å². The number of nitrogens with one attached hydrogen (secondary N) is 3. The summed E-state index contributed by atoms with van der Waals surface area (Å²) < 4.78 is 62.3. The van der Waals surface area contributed by atoms with E-state index in [-0.39, 0.29) is 35.1 Å². The summed E-state index contributed by atoms with van der Waals surface area (Å²) in [6.45, 7) is 11.7. The number of sulfonamides is 1. The lowest BCUT2D eigenvalue weighted by molar-refractivity contribution is -0.123. The van der Waals surface area contributed by atoms with E-state index in [1.165, 1.54) is 18.2 Å². The van der Waals surface area contributed by atoms with Crippen LogP contribution in [0.1, 0.15) is 60.9 Å². The second kappa shape index (κ2) is 18.8. The van der Waals surface area contributed by atoms with Crippen LogP contribution in [-0.2, 0) is 37.5 Å². The van der Waals surface area contributed by atoms with Crippen molar-refractivity contribution < 1.29 is 31.2 Å². The number of aliphatic imine (C=N–C) groups is 1. The molecule has 314 valence electrons. The van der Waals surface area contributed by atoms with E-state index in [4.69, 9.17) is 10.5 Å². The van der Waals surface area contributed by atoms with Gasteiger partial charge in [-0.15, -0.1) is 0 Å². The monoisotopic (exact) mass is 835 g/mol. The van der Waals surface area contributed by atoms with Gasteiger partial charge >= 0.3 is 6.03 Å². The lowest BCUT2D eigenvalue weighted by Gasteiger charge is -2.33. The predicted molar refractivity (Wildman–Crippen MR) is 226 cm³/mol. The third-order valence-corrected chi connectivity index (χ3v) is 13.7. The lowest BCUT2D eigenvalue weighted by Crippen LogP contribution is -2.56.